The molecule has 0 aliphatic carbocycles. The maximum atomic E-state index is 12.0. The van der Waals surface area contributed by atoms with Crippen molar-refractivity contribution in [2.45, 2.75) is 60.4 Å². The summed E-state index contributed by atoms with van der Waals surface area (Å²) >= 11 is 1.57. The molecule has 4 nitrogen and oxygen atoms in total. The molecule has 0 amide bonds. The molecule has 2 aromatic heterocycles. The van der Waals surface area contributed by atoms with Gasteiger partial charge in [-0.15, -0.1) is 11.3 Å². The van der Waals surface area contributed by atoms with E-state index in [1.165, 1.54) is 22.3 Å². The van der Waals surface area contributed by atoms with E-state index in [9.17, 15) is 9.90 Å². The number of anilines is 1. The molecule has 0 unspecified atom stereocenters. The van der Waals surface area contributed by atoms with E-state index in [1.807, 2.05) is 0 Å². The van der Waals surface area contributed by atoms with Gasteiger partial charge in [-0.3, -0.25) is 4.98 Å². The van der Waals surface area contributed by atoms with Crippen molar-refractivity contribution in [2.24, 2.45) is 0 Å². The lowest BCUT2D eigenvalue weighted by Gasteiger charge is -2.20. The third kappa shape index (κ3) is 3.51. The molecule has 148 valence electrons. The van der Waals surface area contributed by atoms with Crippen molar-refractivity contribution in [1.82, 2.24) is 4.98 Å². The van der Waals surface area contributed by atoms with Crippen molar-refractivity contribution in [3.8, 4) is 11.1 Å². The van der Waals surface area contributed by atoms with Crippen LogP contribution in [0.5, 0.6) is 0 Å². The minimum atomic E-state index is -0.932. The second-order valence-corrected chi connectivity index (χ2v) is 8.39. The number of aromatic carboxylic acids is 1. The highest BCUT2D eigenvalue weighted by Crippen LogP contribution is 2.42. The zero-order valence-corrected chi connectivity index (χ0v) is 18.3. The number of aromatic nitrogens is 1. The number of benzene rings is 1. The van der Waals surface area contributed by atoms with E-state index < -0.39 is 5.97 Å². The summed E-state index contributed by atoms with van der Waals surface area (Å²) in [5.41, 5.74) is 8.38. The van der Waals surface area contributed by atoms with Crippen LogP contribution in [0.2, 0.25) is 0 Å². The Kier molecular flexibility index (Phi) is 5.75. The summed E-state index contributed by atoms with van der Waals surface area (Å²) in [5.74, 6) is -0.932. The first-order valence-corrected chi connectivity index (χ1v) is 10.7. The molecule has 3 rings (SSSR count). The van der Waals surface area contributed by atoms with E-state index in [0.29, 0.717) is 11.4 Å². The number of carboxylic acids is 1. The third-order valence-corrected chi connectivity index (χ3v) is 6.36. The Morgan fingerprint density at radius 3 is 2.29 bits per heavy atom. The van der Waals surface area contributed by atoms with Gasteiger partial charge in [0.2, 0.25) is 0 Å². The average Bonchev–Trinajstić information content (AvgIpc) is 3.01. The standard InChI is InChI=1S/C23H28N2O2S/c1-7-16(8-2)25-21-19(23(26)27)15(6)24-20-17(11-28-22(20)21)18-13(4)9-12(3)10-14(18)5/h9-11,16H,7-8H2,1-6H3,(H,24,25)(H,26,27). The van der Waals surface area contributed by atoms with Crippen molar-refractivity contribution < 1.29 is 9.90 Å². The van der Waals surface area contributed by atoms with Crippen LogP contribution in [0, 0.1) is 27.7 Å². The van der Waals surface area contributed by atoms with Gasteiger partial charge < -0.3 is 10.4 Å². The number of hydrogen-bond donors (Lipinski definition) is 2. The average molecular weight is 397 g/mol. The van der Waals surface area contributed by atoms with Gasteiger partial charge in [0.05, 0.1) is 21.6 Å². The monoisotopic (exact) mass is 396 g/mol. The lowest BCUT2D eigenvalue weighted by Crippen LogP contribution is -2.20. The molecule has 0 aliphatic rings. The molecule has 0 spiro atoms. The van der Waals surface area contributed by atoms with Crippen LogP contribution in [0.15, 0.2) is 17.5 Å². The number of fused-ring (bicyclic) bond motifs is 1. The molecule has 2 heterocycles. The topological polar surface area (TPSA) is 62.2 Å². The number of aryl methyl sites for hydroxylation is 4. The number of hydrogen-bond acceptors (Lipinski definition) is 4. The van der Waals surface area contributed by atoms with E-state index in [-0.39, 0.29) is 11.6 Å². The first kappa shape index (κ1) is 20.3. The molecule has 0 radical (unpaired) electrons. The first-order valence-electron chi connectivity index (χ1n) is 9.78. The van der Waals surface area contributed by atoms with Gasteiger partial charge >= 0.3 is 5.97 Å². The molecule has 28 heavy (non-hydrogen) atoms. The van der Waals surface area contributed by atoms with Crippen molar-refractivity contribution >= 4 is 33.2 Å². The lowest BCUT2D eigenvalue weighted by molar-refractivity contribution is 0.0697. The van der Waals surface area contributed by atoms with Gasteiger partial charge in [-0.2, -0.15) is 0 Å². The van der Waals surface area contributed by atoms with Gasteiger partial charge in [-0.05, 0) is 57.2 Å². The van der Waals surface area contributed by atoms with Crippen molar-refractivity contribution in [1.29, 1.82) is 0 Å². The van der Waals surface area contributed by atoms with E-state index >= 15 is 0 Å². The number of pyridine rings is 1. The highest BCUT2D eigenvalue weighted by molar-refractivity contribution is 7.18. The number of carboxylic acid groups (broad SMARTS) is 1. The van der Waals surface area contributed by atoms with E-state index in [4.69, 9.17) is 4.98 Å². The summed E-state index contributed by atoms with van der Waals surface area (Å²) < 4.78 is 0.921. The smallest absolute Gasteiger partial charge is 0.339 e. The third-order valence-electron chi connectivity index (χ3n) is 5.38. The fourth-order valence-electron chi connectivity index (χ4n) is 4.04. The van der Waals surface area contributed by atoms with Crippen LogP contribution in [0.25, 0.3) is 21.3 Å². The quantitative estimate of drug-likeness (QED) is 0.499. The maximum Gasteiger partial charge on any atom is 0.339 e. The van der Waals surface area contributed by atoms with Crippen molar-refractivity contribution in [3.05, 3.63) is 45.5 Å². The van der Waals surface area contributed by atoms with Crippen molar-refractivity contribution in [2.75, 3.05) is 5.32 Å². The van der Waals surface area contributed by atoms with Gasteiger partial charge in [0, 0.05) is 17.0 Å². The zero-order valence-electron chi connectivity index (χ0n) is 17.4. The molecule has 2 N–H and O–H groups in total. The summed E-state index contributed by atoms with van der Waals surface area (Å²) in [6.07, 6.45) is 1.87. The van der Waals surface area contributed by atoms with Crippen LogP contribution in [0.1, 0.15) is 59.4 Å². The van der Waals surface area contributed by atoms with E-state index in [2.05, 4.69) is 57.4 Å². The van der Waals surface area contributed by atoms with Gasteiger partial charge in [-0.25, -0.2) is 4.79 Å². The normalized spacial score (nSPS) is 11.4. The van der Waals surface area contributed by atoms with Gasteiger partial charge in [-0.1, -0.05) is 31.5 Å². The van der Waals surface area contributed by atoms with E-state index in [1.54, 1.807) is 18.3 Å². The minimum absolute atomic E-state index is 0.233. The van der Waals surface area contributed by atoms with Crippen LogP contribution < -0.4 is 5.32 Å². The number of nitrogens with zero attached hydrogens (tertiary/aromatic N) is 1. The Hall–Kier alpha value is -2.40. The Morgan fingerprint density at radius 1 is 1.14 bits per heavy atom. The van der Waals surface area contributed by atoms with Crippen LogP contribution >= 0.6 is 11.3 Å². The molecule has 1 aromatic carbocycles. The SMILES string of the molecule is CCC(CC)Nc1c(C(=O)O)c(C)nc2c(-c3c(C)cc(C)cc3C)csc12. The zero-order chi connectivity index (χ0) is 20.6. The summed E-state index contributed by atoms with van der Waals surface area (Å²) in [4.78, 5) is 16.7. The molecule has 5 heteroatoms. The molecule has 0 fully saturated rings. The number of rotatable bonds is 6. The maximum absolute atomic E-state index is 12.0. The molecule has 0 saturated carbocycles. The molecule has 3 aromatic rings. The van der Waals surface area contributed by atoms with Gasteiger partial charge in [0.25, 0.3) is 0 Å². The number of thiophene rings is 1. The van der Waals surface area contributed by atoms with Gasteiger partial charge in [0.15, 0.2) is 0 Å². The van der Waals surface area contributed by atoms with Crippen LogP contribution in [0.3, 0.4) is 0 Å². The Morgan fingerprint density at radius 2 is 1.75 bits per heavy atom. The van der Waals surface area contributed by atoms with E-state index in [0.717, 1.165) is 28.6 Å². The predicted octanol–water partition coefficient (Wildman–Crippen LogP) is 6.50. The summed E-state index contributed by atoms with van der Waals surface area (Å²) in [6.45, 7) is 12.4. The van der Waals surface area contributed by atoms with Crippen molar-refractivity contribution in [3.63, 3.8) is 0 Å². The van der Waals surface area contributed by atoms with Crippen LogP contribution in [0.4, 0.5) is 5.69 Å². The number of nitrogens with one attached hydrogen (secondary N) is 1. The predicted molar refractivity (Wildman–Crippen MR) is 119 cm³/mol. The fraction of sp³-hybridized carbons (Fsp3) is 0.391. The minimum Gasteiger partial charge on any atom is -0.478 e. The summed E-state index contributed by atoms with van der Waals surface area (Å²) in [7, 11) is 0. The largest absolute Gasteiger partial charge is 0.478 e. The van der Waals surface area contributed by atoms with Gasteiger partial charge in [0.1, 0.15) is 5.56 Å². The summed E-state index contributed by atoms with van der Waals surface area (Å²) in [6, 6.07) is 4.61. The fourth-order valence-corrected chi connectivity index (χ4v) is 5.05. The highest BCUT2D eigenvalue weighted by atomic mass is 32.1. The lowest BCUT2D eigenvalue weighted by atomic mass is 9.94. The molecular formula is C23H28N2O2S. The molecular weight excluding hydrogens is 368 g/mol. The Labute approximate surface area is 170 Å². The molecule has 0 atom stereocenters. The first-order chi connectivity index (χ1) is 13.3. The summed E-state index contributed by atoms with van der Waals surface area (Å²) in [5, 5.41) is 15.5. The van der Waals surface area contributed by atoms with Crippen LogP contribution in [-0.2, 0) is 0 Å². The van der Waals surface area contributed by atoms with Crippen LogP contribution in [-0.4, -0.2) is 22.1 Å². The number of carbonyl (C=O) groups is 1. The Balaban J connectivity index is 2.31. The molecule has 0 saturated heterocycles. The highest BCUT2D eigenvalue weighted by Gasteiger charge is 2.24. The Bertz CT molecular complexity index is 1030. The molecule has 0 aliphatic heterocycles. The second kappa shape index (κ2) is 7.92. The second-order valence-electron chi connectivity index (χ2n) is 7.51. The molecule has 0 bridgehead atoms.